The third kappa shape index (κ3) is 4.78. The Morgan fingerprint density at radius 3 is 2.72 bits per heavy atom. The summed E-state index contributed by atoms with van der Waals surface area (Å²) in [5.74, 6) is 1.12. The summed E-state index contributed by atoms with van der Waals surface area (Å²) in [4.78, 5) is 4.40. The minimum absolute atomic E-state index is 0.101. The van der Waals surface area contributed by atoms with Gasteiger partial charge in [0.25, 0.3) is 0 Å². The highest BCUT2D eigenvalue weighted by atomic mass is 16.5. The Morgan fingerprint density at radius 2 is 2.22 bits per heavy atom. The molecule has 0 saturated carbocycles. The van der Waals surface area contributed by atoms with Crippen LogP contribution < -0.4 is 5.32 Å². The van der Waals surface area contributed by atoms with Gasteiger partial charge >= 0.3 is 0 Å². The quantitative estimate of drug-likeness (QED) is 0.771. The lowest BCUT2D eigenvalue weighted by Gasteiger charge is -2.29. The first-order chi connectivity index (χ1) is 8.48. The predicted octanol–water partition coefficient (Wildman–Crippen LogP) is 2.15. The van der Waals surface area contributed by atoms with Crippen LogP contribution in [0, 0.1) is 0 Å². The number of hydrogen-bond donors (Lipinski definition) is 1. The molecule has 0 saturated heterocycles. The van der Waals surface area contributed by atoms with Crippen LogP contribution in [0.1, 0.15) is 39.4 Å². The summed E-state index contributed by atoms with van der Waals surface area (Å²) in [7, 11) is 3.82. The molecule has 0 aliphatic heterocycles. The van der Waals surface area contributed by atoms with Crippen molar-refractivity contribution in [3.8, 4) is 0 Å². The van der Waals surface area contributed by atoms with Gasteiger partial charge in [0, 0.05) is 39.0 Å². The molecular weight excluding hydrogens is 226 g/mol. The van der Waals surface area contributed by atoms with Crippen LogP contribution in [0.3, 0.4) is 0 Å². The van der Waals surface area contributed by atoms with Gasteiger partial charge in [0.2, 0.25) is 0 Å². The molecule has 0 aromatic carbocycles. The highest BCUT2D eigenvalue weighted by Crippen LogP contribution is 2.17. The van der Waals surface area contributed by atoms with E-state index >= 15 is 0 Å². The Kier molecular flexibility index (Phi) is 5.82. The maximum absolute atomic E-state index is 5.53. The second-order valence-corrected chi connectivity index (χ2v) is 5.48. The molecule has 1 N–H and O–H groups in total. The number of rotatable bonds is 8. The van der Waals surface area contributed by atoms with Crippen LogP contribution in [0.5, 0.6) is 0 Å². The zero-order valence-corrected chi connectivity index (χ0v) is 12.4. The van der Waals surface area contributed by atoms with Crippen molar-refractivity contribution < 1.29 is 4.74 Å². The fraction of sp³-hybridized carbons (Fsp3) is 0.786. The SMILES string of the molecule is CCCNC(Cc1nccn1C)CC(C)(C)OC. The Bertz CT molecular complexity index is 347. The predicted molar refractivity (Wildman–Crippen MR) is 74.7 cm³/mol. The summed E-state index contributed by atoms with van der Waals surface area (Å²) < 4.78 is 7.61. The van der Waals surface area contributed by atoms with E-state index in [0.29, 0.717) is 6.04 Å². The van der Waals surface area contributed by atoms with Crippen LogP contribution in [-0.2, 0) is 18.2 Å². The third-order valence-electron chi connectivity index (χ3n) is 3.32. The van der Waals surface area contributed by atoms with Gasteiger partial charge in [0.1, 0.15) is 5.82 Å². The molecule has 4 nitrogen and oxygen atoms in total. The topological polar surface area (TPSA) is 39.1 Å². The number of nitrogens with one attached hydrogen (secondary N) is 1. The summed E-state index contributed by atoms with van der Waals surface area (Å²) in [5, 5.41) is 3.59. The molecule has 1 unspecified atom stereocenters. The lowest BCUT2D eigenvalue weighted by Crippen LogP contribution is -2.39. The second kappa shape index (κ2) is 6.90. The number of imidazole rings is 1. The Morgan fingerprint density at radius 1 is 1.50 bits per heavy atom. The molecule has 0 aliphatic rings. The van der Waals surface area contributed by atoms with Gasteiger partial charge < -0.3 is 14.6 Å². The van der Waals surface area contributed by atoms with Crippen LogP contribution >= 0.6 is 0 Å². The molecule has 1 aromatic rings. The summed E-state index contributed by atoms with van der Waals surface area (Å²) in [6.45, 7) is 7.49. The van der Waals surface area contributed by atoms with Crippen molar-refractivity contribution in [1.29, 1.82) is 0 Å². The van der Waals surface area contributed by atoms with Gasteiger partial charge in [-0.3, -0.25) is 0 Å². The second-order valence-electron chi connectivity index (χ2n) is 5.48. The molecule has 1 rings (SSSR count). The first-order valence-electron chi connectivity index (χ1n) is 6.73. The van der Waals surface area contributed by atoms with E-state index in [4.69, 9.17) is 4.74 Å². The molecule has 1 heterocycles. The lowest BCUT2D eigenvalue weighted by molar-refractivity contribution is 0.00695. The van der Waals surface area contributed by atoms with Gasteiger partial charge in [-0.2, -0.15) is 0 Å². The zero-order chi connectivity index (χ0) is 13.6. The molecular formula is C14H27N3O. The summed E-state index contributed by atoms with van der Waals surface area (Å²) in [5.41, 5.74) is -0.101. The number of ether oxygens (including phenoxy) is 1. The number of methoxy groups -OCH3 is 1. The van der Waals surface area contributed by atoms with Gasteiger partial charge in [-0.25, -0.2) is 4.98 Å². The molecule has 18 heavy (non-hydrogen) atoms. The number of hydrogen-bond acceptors (Lipinski definition) is 3. The summed E-state index contributed by atoms with van der Waals surface area (Å²) in [6.07, 6.45) is 6.92. The van der Waals surface area contributed by atoms with E-state index in [2.05, 4.69) is 35.6 Å². The van der Waals surface area contributed by atoms with Crippen LogP contribution in [0.4, 0.5) is 0 Å². The first-order valence-corrected chi connectivity index (χ1v) is 6.73. The van der Waals surface area contributed by atoms with Crippen molar-refractivity contribution >= 4 is 0 Å². The van der Waals surface area contributed by atoms with Crippen LogP contribution in [-0.4, -0.2) is 34.8 Å². The van der Waals surface area contributed by atoms with Gasteiger partial charge in [0.05, 0.1) is 5.60 Å². The van der Waals surface area contributed by atoms with E-state index in [9.17, 15) is 0 Å². The smallest absolute Gasteiger partial charge is 0.109 e. The van der Waals surface area contributed by atoms with Crippen LogP contribution in [0.25, 0.3) is 0 Å². The molecule has 0 aliphatic carbocycles. The normalized spacial score (nSPS) is 13.8. The van der Waals surface area contributed by atoms with Gasteiger partial charge in [-0.05, 0) is 33.2 Å². The van der Waals surface area contributed by atoms with Gasteiger partial charge in [-0.1, -0.05) is 6.92 Å². The molecule has 0 radical (unpaired) electrons. The van der Waals surface area contributed by atoms with Crippen molar-refractivity contribution in [3.63, 3.8) is 0 Å². The zero-order valence-electron chi connectivity index (χ0n) is 12.4. The highest BCUT2D eigenvalue weighted by molar-refractivity contribution is 4.96. The highest BCUT2D eigenvalue weighted by Gasteiger charge is 2.23. The molecule has 0 bridgehead atoms. The molecule has 0 fully saturated rings. The van der Waals surface area contributed by atoms with Gasteiger partial charge in [0.15, 0.2) is 0 Å². The van der Waals surface area contributed by atoms with Crippen molar-refractivity contribution in [2.24, 2.45) is 7.05 Å². The monoisotopic (exact) mass is 253 g/mol. The van der Waals surface area contributed by atoms with Crippen molar-refractivity contribution in [2.45, 2.75) is 51.7 Å². The van der Waals surface area contributed by atoms with E-state index < -0.39 is 0 Å². The summed E-state index contributed by atoms with van der Waals surface area (Å²) >= 11 is 0. The van der Waals surface area contributed by atoms with E-state index in [1.54, 1.807) is 7.11 Å². The minimum atomic E-state index is -0.101. The maximum Gasteiger partial charge on any atom is 0.109 e. The number of aryl methyl sites for hydroxylation is 1. The van der Waals surface area contributed by atoms with Crippen LogP contribution in [0.2, 0.25) is 0 Å². The summed E-state index contributed by atoms with van der Waals surface area (Å²) in [6, 6.07) is 0.404. The van der Waals surface area contributed by atoms with E-state index in [-0.39, 0.29) is 5.60 Å². The average molecular weight is 253 g/mol. The maximum atomic E-state index is 5.53. The fourth-order valence-electron chi connectivity index (χ4n) is 2.06. The van der Waals surface area contributed by atoms with Crippen LogP contribution in [0.15, 0.2) is 12.4 Å². The average Bonchev–Trinajstić information content (AvgIpc) is 2.72. The number of nitrogens with zero attached hydrogens (tertiary/aromatic N) is 2. The van der Waals surface area contributed by atoms with Crippen molar-refractivity contribution in [1.82, 2.24) is 14.9 Å². The van der Waals surface area contributed by atoms with E-state index in [1.807, 2.05) is 19.4 Å². The van der Waals surface area contributed by atoms with Crippen molar-refractivity contribution in [3.05, 3.63) is 18.2 Å². The molecule has 104 valence electrons. The first kappa shape index (κ1) is 15.2. The molecule has 1 aromatic heterocycles. The third-order valence-corrected chi connectivity index (χ3v) is 3.32. The lowest BCUT2D eigenvalue weighted by atomic mass is 9.96. The minimum Gasteiger partial charge on any atom is -0.379 e. The standard InChI is InChI=1S/C14H27N3O/c1-6-7-15-12(11-14(2,3)18-5)10-13-16-8-9-17(13)4/h8-9,12,15H,6-7,10-11H2,1-5H3. The molecule has 1 atom stereocenters. The molecule has 0 spiro atoms. The van der Waals surface area contributed by atoms with E-state index in [1.165, 1.54) is 0 Å². The Labute approximate surface area is 111 Å². The van der Waals surface area contributed by atoms with E-state index in [0.717, 1.165) is 31.6 Å². The Balaban J connectivity index is 2.63. The fourth-order valence-corrected chi connectivity index (χ4v) is 2.06. The number of aromatic nitrogens is 2. The van der Waals surface area contributed by atoms with Gasteiger partial charge in [-0.15, -0.1) is 0 Å². The molecule has 4 heteroatoms. The van der Waals surface area contributed by atoms with Crippen molar-refractivity contribution in [2.75, 3.05) is 13.7 Å². The Hall–Kier alpha value is -0.870. The molecule has 0 amide bonds. The largest absolute Gasteiger partial charge is 0.379 e.